The highest BCUT2D eigenvalue weighted by molar-refractivity contribution is 5.98. The fourth-order valence-corrected chi connectivity index (χ4v) is 1.78. The topological polar surface area (TPSA) is 57.3 Å². The molecule has 20 heavy (non-hydrogen) atoms. The van der Waals surface area contributed by atoms with Crippen molar-refractivity contribution in [2.24, 2.45) is 0 Å². The highest BCUT2D eigenvalue weighted by atomic mass is 16.1. The summed E-state index contributed by atoms with van der Waals surface area (Å²) in [5, 5.41) is 6.05. The van der Waals surface area contributed by atoms with Crippen LogP contribution < -0.4 is 10.6 Å². The molecule has 0 bridgehead atoms. The molecule has 0 fully saturated rings. The van der Waals surface area contributed by atoms with Crippen LogP contribution in [0, 0.1) is 0 Å². The molecule has 0 spiro atoms. The lowest BCUT2D eigenvalue weighted by molar-refractivity contribution is 0.0952. The van der Waals surface area contributed by atoms with Gasteiger partial charge in [0.2, 0.25) is 0 Å². The minimum Gasteiger partial charge on any atom is -0.370 e. The first kappa shape index (κ1) is 16.4. The van der Waals surface area contributed by atoms with Crippen LogP contribution in [0.25, 0.3) is 0 Å². The maximum Gasteiger partial charge on any atom is 0.255 e. The Morgan fingerprint density at radius 2 is 2.20 bits per heavy atom. The molecule has 0 saturated heterocycles. The summed E-state index contributed by atoms with van der Waals surface area (Å²) in [5.41, 5.74) is 0.603. The van der Waals surface area contributed by atoms with Crippen molar-refractivity contribution >= 4 is 11.7 Å². The maximum atomic E-state index is 12.1. The number of rotatable bonds is 8. The summed E-state index contributed by atoms with van der Waals surface area (Å²) in [5.74, 6) is 0.577. The Kier molecular flexibility index (Phi) is 7.01. The van der Waals surface area contributed by atoms with Crippen LogP contribution in [0.4, 0.5) is 5.82 Å². The van der Waals surface area contributed by atoms with Crippen molar-refractivity contribution in [3.63, 3.8) is 0 Å². The van der Waals surface area contributed by atoms with Crippen LogP contribution in [-0.4, -0.2) is 48.5 Å². The molecular formula is C15H26N4O. The van der Waals surface area contributed by atoms with E-state index in [9.17, 15) is 4.79 Å². The summed E-state index contributed by atoms with van der Waals surface area (Å²) in [6, 6.07) is 4.10. The highest BCUT2D eigenvalue weighted by Crippen LogP contribution is 2.10. The normalized spacial score (nSPS) is 10.9. The van der Waals surface area contributed by atoms with E-state index in [0.29, 0.717) is 24.0 Å². The van der Waals surface area contributed by atoms with E-state index < -0.39 is 0 Å². The van der Waals surface area contributed by atoms with Crippen molar-refractivity contribution in [3.8, 4) is 0 Å². The number of carbonyl (C=O) groups excluding carboxylic acids is 1. The van der Waals surface area contributed by atoms with Crippen molar-refractivity contribution in [2.45, 2.75) is 33.2 Å². The summed E-state index contributed by atoms with van der Waals surface area (Å²) < 4.78 is 0. The number of anilines is 1. The van der Waals surface area contributed by atoms with Crippen LogP contribution in [0.15, 0.2) is 18.3 Å². The zero-order valence-electron chi connectivity index (χ0n) is 12.9. The van der Waals surface area contributed by atoms with E-state index >= 15 is 0 Å². The zero-order valence-corrected chi connectivity index (χ0v) is 12.9. The van der Waals surface area contributed by atoms with Gasteiger partial charge in [-0.25, -0.2) is 4.98 Å². The van der Waals surface area contributed by atoms with Gasteiger partial charge in [0.15, 0.2) is 0 Å². The fourth-order valence-electron chi connectivity index (χ4n) is 1.78. The van der Waals surface area contributed by atoms with Gasteiger partial charge < -0.3 is 15.5 Å². The molecule has 1 heterocycles. The number of nitrogens with one attached hydrogen (secondary N) is 2. The minimum absolute atomic E-state index is 0.0683. The summed E-state index contributed by atoms with van der Waals surface area (Å²) in [4.78, 5) is 18.6. The third-order valence-corrected chi connectivity index (χ3v) is 3.25. The zero-order chi connectivity index (χ0) is 15.0. The summed E-state index contributed by atoms with van der Waals surface area (Å²) in [6.07, 6.45) is 2.63. The van der Waals surface area contributed by atoms with Crippen LogP contribution in [0.5, 0.6) is 0 Å². The fraction of sp³-hybridized carbons (Fsp3) is 0.600. The molecule has 0 radical (unpaired) electrons. The van der Waals surface area contributed by atoms with Gasteiger partial charge in [-0.1, -0.05) is 0 Å². The number of amides is 1. The molecule has 5 nitrogen and oxygen atoms in total. The van der Waals surface area contributed by atoms with Crippen LogP contribution in [0.3, 0.4) is 0 Å². The molecule has 0 aliphatic rings. The molecule has 0 aliphatic carbocycles. The number of nitrogens with zero attached hydrogens (tertiary/aromatic N) is 2. The Morgan fingerprint density at radius 3 is 2.85 bits per heavy atom. The number of hydrogen-bond acceptors (Lipinski definition) is 4. The second-order valence-corrected chi connectivity index (χ2v) is 5.11. The van der Waals surface area contributed by atoms with Crippen LogP contribution in [0.2, 0.25) is 0 Å². The predicted octanol–water partition coefficient (Wildman–Crippen LogP) is 1.97. The lowest BCUT2D eigenvalue weighted by Crippen LogP contribution is -2.31. The molecule has 0 saturated carbocycles. The van der Waals surface area contributed by atoms with Gasteiger partial charge in [0.05, 0.1) is 5.56 Å². The summed E-state index contributed by atoms with van der Waals surface area (Å²) in [7, 11) is 2.09. The van der Waals surface area contributed by atoms with Gasteiger partial charge in [-0.2, -0.15) is 0 Å². The standard InChI is InChI=1S/C15H26N4O/c1-5-16-14-13(8-6-9-17-14)15(20)18-10-7-11-19(4)12(2)3/h6,8-9,12H,5,7,10-11H2,1-4H3,(H,16,17)(H,18,20). The quantitative estimate of drug-likeness (QED) is 0.714. The Balaban J connectivity index is 2.43. The smallest absolute Gasteiger partial charge is 0.255 e. The Bertz CT molecular complexity index is 420. The minimum atomic E-state index is -0.0683. The van der Waals surface area contributed by atoms with Crippen LogP contribution in [0.1, 0.15) is 37.6 Å². The first-order chi connectivity index (χ1) is 9.56. The largest absolute Gasteiger partial charge is 0.370 e. The van der Waals surface area contributed by atoms with E-state index in [1.54, 1.807) is 18.3 Å². The van der Waals surface area contributed by atoms with Crippen molar-refractivity contribution in [1.29, 1.82) is 0 Å². The molecular weight excluding hydrogens is 252 g/mol. The lowest BCUT2D eigenvalue weighted by atomic mass is 10.2. The highest BCUT2D eigenvalue weighted by Gasteiger charge is 2.11. The van der Waals surface area contributed by atoms with Gasteiger partial charge in [-0.05, 0) is 52.9 Å². The first-order valence-electron chi connectivity index (χ1n) is 7.23. The van der Waals surface area contributed by atoms with E-state index in [1.807, 2.05) is 6.92 Å². The van der Waals surface area contributed by atoms with E-state index in [4.69, 9.17) is 0 Å². The summed E-state index contributed by atoms with van der Waals surface area (Å²) >= 11 is 0. The van der Waals surface area contributed by atoms with Crippen molar-refractivity contribution in [1.82, 2.24) is 15.2 Å². The van der Waals surface area contributed by atoms with Gasteiger partial charge in [-0.3, -0.25) is 4.79 Å². The molecule has 1 rings (SSSR count). The van der Waals surface area contributed by atoms with Crippen LogP contribution in [-0.2, 0) is 0 Å². The van der Waals surface area contributed by atoms with Crippen molar-refractivity contribution in [3.05, 3.63) is 23.9 Å². The maximum absolute atomic E-state index is 12.1. The van der Waals surface area contributed by atoms with Crippen molar-refractivity contribution in [2.75, 3.05) is 32.0 Å². The van der Waals surface area contributed by atoms with Gasteiger partial charge in [0, 0.05) is 25.3 Å². The first-order valence-corrected chi connectivity index (χ1v) is 7.23. The average Bonchev–Trinajstić information content (AvgIpc) is 2.44. The van der Waals surface area contributed by atoms with E-state index in [1.165, 1.54) is 0 Å². The third kappa shape index (κ3) is 5.17. The van der Waals surface area contributed by atoms with E-state index in [-0.39, 0.29) is 5.91 Å². The molecule has 112 valence electrons. The van der Waals surface area contributed by atoms with Crippen molar-refractivity contribution < 1.29 is 4.79 Å². The third-order valence-electron chi connectivity index (χ3n) is 3.25. The molecule has 0 aliphatic heterocycles. The molecule has 0 atom stereocenters. The van der Waals surface area contributed by atoms with Gasteiger partial charge in [-0.15, -0.1) is 0 Å². The van der Waals surface area contributed by atoms with Gasteiger partial charge in [0.25, 0.3) is 5.91 Å². The molecule has 5 heteroatoms. The van der Waals surface area contributed by atoms with Crippen LogP contribution >= 0.6 is 0 Å². The number of pyridine rings is 1. The lowest BCUT2D eigenvalue weighted by Gasteiger charge is -2.20. The Labute approximate surface area is 121 Å². The second kappa shape index (κ2) is 8.53. The van der Waals surface area contributed by atoms with E-state index in [0.717, 1.165) is 19.5 Å². The molecule has 1 aromatic heterocycles. The monoisotopic (exact) mass is 278 g/mol. The molecule has 0 aromatic carbocycles. The Hall–Kier alpha value is -1.62. The number of carbonyl (C=O) groups is 1. The number of aromatic nitrogens is 1. The average molecular weight is 278 g/mol. The van der Waals surface area contributed by atoms with E-state index in [2.05, 4.69) is 41.4 Å². The molecule has 1 aromatic rings. The van der Waals surface area contributed by atoms with Gasteiger partial charge >= 0.3 is 0 Å². The molecule has 0 unspecified atom stereocenters. The number of hydrogen-bond donors (Lipinski definition) is 2. The summed E-state index contributed by atoms with van der Waals surface area (Å²) in [6.45, 7) is 8.71. The SMILES string of the molecule is CCNc1ncccc1C(=O)NCCCN(C)C(C)C. The Morgan fingerprint density at radius 1 is 1.45 bits per heavy atom. The molecule has 2 N–H and O–H groups in total. The predicted molar refractivity (Wildman–Crippen MR) is 83.1 cm³/mol. The second-order valence-electron chi connectivity index (χ2n) is 5.11. The van der Waals surface area contributed by atoms with Gasteiger partial charge in [0.1, 0.15) is 5.82 Å². The molecule has 1 amide bonds.